The molecular formula is C19H18ClN5O2S. The first kappa shape index (κ1) is 19.9. The summed E-state index contributed by atoms with van der Waals surface area (Å²) in [5.41, 5.74) is 1.15. The highest BCUT2D eigenvalue weighted by molar-refractivity contribution is 7.99. The number of carbonyl (C=O) groups excluding carboxylic acids is 2. The zero-order chi connectivity index (χ0) is 19.9. The first-order chi connectivity index (χ1) is 13.5. The van der Waals surface area contributed by atoms with Crippen LogP contribution in [0, 0.1) is 0 Å². The predicted molar refractivity (Wildman–Crippen MR) is 109 cm³/mol. The molecule has 0 aliphatic heterocycles. The first-order valence-corrected chi connectivity index (χ1v) is 9.79. The lowest BCUT2D eigenvalue weighted by atomic mass is 10.2. The van der Waals surface area contributed by atoms with Crippen LogP contribution in [0.1, 0.15) is 16.2 Å². The third kappa shape index (κ3) is 5.11. The summed E-state index contributed by atoms with van der Waals surface area (Å²) in [5.74, 6) is 0.378. The van der Waals surface area contributed by atoms with Gasteiger partial charge in [0.1, 0.15) is 0 Å². The maximum atomic E-state index is 12.1. The van der Waals surface area contributed by atoms with E-state index < -0.39 is 0 Å². The van der Waals surface area contributed by atoms with Gasteiger partial charge in [-0.1, -0.05) is 53.7 Å². The van der Waals surface area contributed by atoms with Crippen molar-refractivity contribution in [3.63, 3.8) is 0 Å². The Morgan fingerprint density at radius 1 is 1.07 bits per heavy atom. The molecule has 7 nitrogen and oxygen atoms in total. The average Bonchev–Trinajstić information content (AvgIpc) is 3.06. The minimum Gasteiger partial charge on any atom is -0.345 e. The molecule has 0 atom stereocenters. The van der Waals surface area contributed by atoms with Gasteiger partial charge in [-0.2, -0.15) is 0 Å². The number of aromatic nitrogens is 3. The third-order valence-corrected chi connectivity index (χ3v) is 5.20. The molecule has 144 valence electrons. The Balaban J connectivity index is 1.52. The van der Waals surface area contributed by atoms with Crippen molar-refractivity contribution in [1.29, 1.82) is 0 Å². The summed E-state index contributed by atoms with van der Waals surface area (Å²) in [6, 6.07) is 16.0. The molecule has 2 aromatic carbocycles. The highest BCUT2D eigenvalue weighted by Gasteiger charge is 2.13. The average molecular weight is 416 g/mol. The molecular weight excluding hydrogens is 398 g/mol. The van der Waals surface area contributed by atoms with Crippen LogP contribution < -0.4 is 10.6 Å². The number of para-hydroxylation sites is 1. The lowest BCUT2D eigenvalue weighted by molar-refractivity contribution is -0.113. The summed E-state index contributed by atoms with van der Waals surface area (Å²) >= 11 is 7.29. The Morgan fingerprint density at radius 2 is 1.79 bits per heavy atom. The molecule has 0 unspecified atom stereocenters. The molecule has 0 aliphatic carbocycles. The molecule has 28 heavy (non-hydrogen) atoms. The van der Waals surface area contributed by atoms with E-state index in [9.17, 15) is 9.59 Å². The summed E-state index contributed by atoms with van der Waals surface area (Å²) in [6.07, 6.45) is 0. The van der Waals surface area contributed by atoms with Crippen LogP contribution in [0.2, 0.25) is 5.02 Å². The molecule has 0 fully saturated rings. The second-order valence-electron chi connectivity index (χ2n) is 5.82. The summed E-state index contributed by atoms with van der Waals surface area (Å²) in [6.45, 7) is 0.240. The lowest BCUT2D eigenvalue weighted by Crippen LogP contribution is -2.24. The number of hydrogen-bond donors (Lipinski definition) is 2. The van der Waals surface area contributed by atoms with Gasteiger partial charge in [0.2, 0.25) is 5.91 Å². The van der Waals surface area contributed by atoms with E-state index in [2.05, 4.69) is 20.8 Å². The monoisotopic (exact) mass is 415 g/mol. The van der Waals surface area contributed by atoms with Crippen LogP contribution in [0.25, 0.3) is 0 Å². The Labute approximate surface area is 171 Å². The van der Waals surface area contributed by atoms with Crippen molar-refractivity contribution in [2.45, 2.75) is 11.7 Å². The van der Waals surface area contributed by atoms with E-state index in [1.165, 1.54) is 11.8 Å². The molecule has 0 aliphatic rings. The fraction of sp³-hybridized carbons (Fsp3) is 0.158. The van der Waals surface area contributed by atoms with Gasteiger partial charge in [-0.15, -0.1) is 10.2 Å². The highest BCUT2D eigenvalue weighted by atomic mass is 35.5. The molecule has 3 rings (SSSR count). The number of halogens is 1. The number of nitrogens with one attached hydrogen (secondary N) is 2. The van der Waals surface area contributed by atoms with Gasteiger partial charge < -0.3 is 15.2 Å². The second kappa shape index (κ2) is 9.38. The van der Waals surface area contributed by atoms with Gasteiger partial charge in [0.25, 0.3) is 5.91 Å². The number of rotatable bonds is 7. The van der Waals surface area contributed by atoms with Gasteiger partial charge in [-0.25, -0.2) is 0 Å². The van der Waals surface area contributed by atoms with Crippen LogP contribution in [0.5, 0.6) is 0 Å². The lowest BCUT2D eigenvalue weighted by Gasteiger charge is -2.07. The van der Waals surface area contributed by atoms with Crippen molar-refractivity contribution in [2.24, 2.45) is 7.05 Å². The molecule has 0 bridgehead atoms. The largest absolute Gasteiger partial charge is 0.345 e. The van der Waals surface area contributed by atoms with Crippen LogP contribution in [-0.2, 0) is 18.4 Å². The molecule has 2 amide bonds. The molecule has 2 N–H and O–H groups in total. The number of benzene rings is 2. The number of thioether (sulfide) groups is 1. The normalized spacial score (nSPS) is 10.5. The van der Waals surface area contributed by atoms with Crippen LogP contribution >= 0.6 is 23.4 Å². The molecule has 3 aromatic rings. The maximum absolute atomic E-state index is 12.1. The quantitative estimate of drug-likeness (QED) is 0.579. The van der Waals surface area contributed by atoms with Gasteiger partial charge in [0.05, 0.1) is 23.0 Å². The smallest absolute Gasteiger partial charge is 0.251 e. The minimum absolute atomic E-state index is 0.160. The standard InChI is InChI=1S/C19H18ClN5O2S/c1-25-16(11-21-18(27)13-7-3-2-4-8-13)23-24-19(25)28-12-17(26)22-15-10-6-5-9-14(15)20/h2-10H,11-12H2,1H3,(H,21,27)(H,22,26). The van der Waals surface area contributed by atoms with Gasteiger partial charge >= 0.3 is 0 Å². The van der Waals surface area contributed by atoms with E-state index in [0.29, 0.717) is 27.3 Å². The number of amides is 2. The first-order valence-electron chi connectivity index (χ1n) is 8.43. The van der Waals surface area contributed by atoms with Crippen LogP contribution in [-0.4, -0.2) is 32.3 Å². The third-order valence-electron chi connectivity index (χ3n) is 3.85. The Hall–Kier alpha value is -2.84. The maximum Gasteiger partial charge on any atom is 0.251 e. The van der Waals surface area contributed by atoms with Gasteiger partial charge in [0.15, 0.2) is 11.0 Å². The van der Waals surface area contributed by atoms with Crippen molar-refractivity contribution in [1.82, 2.24) is 20.1 Å². The Morgan fingerprint density at radius 3 is 2.54 bits per heavy atom. The van der Waals surface area contributed by atoms with Crippen molar-refractivity contribution in [2.75, 3.05) is 11.1 Å². The van der Waals surface area contributed by atoms with E-state index in [0.717, 1.165) is 0 Å². The Bertz CT molecular complexity index is 977. The van der Waals surface area contributed by atoms with Crippen LogP contribution in [0.3, 0.4) is 0 Å². The fourth-order valence-corrected chi connectivity index (χ4v) is 3.27. The van der Waals surface area contributed by atoms with Crippen molar-refractivity contribution >= 4 is 40.9 Å². The molecule has 1 aromatic heterocycles. The zero-order valence-corrected chi connectivity index (χ0v) is 16.6. The number of anilines is 1. The van der Waals surface area contributed by atoms with E-state index in [1.807, 2.05) is 6.07 Å². The van der Waals surface area contributed by atoms with Gasteiger partial charge in [0, 0.05) is 12.6 Å². The van der Waals surface area contributed by atoms with Crippen LogP contribution in [0.4, 0.5) is 5.69 Å². The molecule has 0 radical (unpaired) electrons. The number of carbonyl (C=O) groups is 2. The summed E-state index contributed by atoms with van der Waals surface area (Å²) in [7, 11) is 1.79. The highest BCUT2D eigenvalue weighted by Crippen LogP contribution is 2.21. The van der Waals surface area contributed by atoms with Crippen molar-refractivity contribution < 1.29 is 9.59 Å². The Kier molecular flexibility index (Phi) is 6.67. The van der Waals surface area contributed by atoms with E-state index in [-0.39, 0.29) is 24.1 Å². The SMILES string of the molecule is Cn1c(CNC(=O)c2ccccc2)nnc1SCC(=O)Nc1ccccc1Cl. The second-order valence-corrected chi connectivity index (χ2v) is 7.17. The van der Waals surface area contributed by atoms with E-state index in [4.69, 9.17) is 11.6 Å². The molecule has 0 spiro atoms. The predicted octanol–water partition coefficient (Wildman–Crippen LogP) is 3.13. The molecule has 9 heteroatoms. The number of hydrogen-bond acceptors (Lipinski definition) is 5. The fourth-order valence-electron chi connectivity index (χ4n) is 2.35. The minimum atomic E-state index is -0.194. The van der Waals surface area contributed by atoms with E-state index in [1.54, 1.807) is 60.1 Å². The number of nitrogens with zero attached hydrogens (tertiary/aromatic N) is 3. The molecule has 1 heterocycles. The summed E-state index contributed by atoms with van der Waals surface area (Å²) < 4.78 is 1.75. The topological polar surface area (TPSA) is 88.9 Å². The molecule has 0 saturated heterocycles. The molecule has 0 saturated carbocycles. The van der Waals surface area contributed by atoms with Crippen molar-refractivity contribution in [3.8, 4) is 0 Å². The van der Waals surface area contributed by atoms with E-state index >= 15 is 0 Å². The van der Waals surface area contributed by atoms with Gasteiger partial charge in [-0.3, -0.25) is 9.59 Å². The zero-order valence-electron chi connectivity index (χ0n) is 15.1. The summed E-state index contributed by atoms with van der Waals surface area (Å²) in [5, 5.41) is 14.8. The van der Waals surface area contributed by atoms with Crippen molar-refractivity contribution in [3.05, 3.63) is 71.0 Å². The summed E-state index contributed by atoms with van der Waals surface area (Å²) in [4.78, 5) is 24.2. The van der Waals surface area contributed by atoms with Gasteiger partial charge in [-0.05, 0) is 24.3 Å². The van der Waals surface area contributed by atoms with Crippen LogP contribution in [0.15, 0.2) is 59.8 Å².